The van der Waals surface area contributed by atoms with Crippen molar-refractivity contribution in [1.29, 1.82) is 0 Å². The number of hydrogen-bond acceptors (Lipinski definition) is 1. The third-order valence-corrected chi connectivity index (χ3v) is 3.31. The van der Waals surface area contributed by atoms with Gasteiger partial charge < -0.3 is 0 Å². The monoisotopic (exact) mass is 266 g/mol. The van der Waals surface area contributed by atoms with Crippen LogP contribution in [0, 0.1) is 0 Å². The zero-order chi connectivity index (χ0) is 6.97. The minimum atomic E-state index is 0.0851. The van der Waals surface area contributed by atoms with Crippen LogP contribution < -0.4 is 10.6 Å². The van der Waals surface area contributed by atoms with E-state index < -0.39 is 0 Å². The van der Waals surface area contributed by atoms with Crippen LogP contribution in [-0.4, -0.2) is 14.2 Å². The molecule has 0 aromatic carbocycles. The van der Waals surface area contributed by atoms with Gasteiger partial charge in [-0.1, -0.05) is 32.3 Å². The predicted octanol–water partition coefficient (Wildman–Crippen LogP) is 0.368. The van der Waals surface area contributed by atoms with E-state index in [0.717, 1.165) is 10.6 Å². The average Bonchev–Trinajstić information content (AvgIpc) is 2.34. The maximum atomic E-state index is 5.77. The third-order valence-electron chi connectivity index (χ3n) is 1.26. The summed E-state index contributed by atoms with van der Waals surface area (Å²) in [5.74, 6) is 0. The van der Waals surface area contributed by atoms with Crippen LogP contribution >= 0.6 is 32.3 Å². The summed E-state index contributed by atoms with van der Waals surface area (Å²) in [6.45, 7) is 0. The standard InChI is InChI=1S/C6H4ClIN2/c7-6-4-3-8-2-1-5(4)9-10-6/h1-3H,(H,9,10). The largest absolute Gasteiger partial charge is 0.276 e. The van der Waals surface area contributed by atoms with Crippen LogP contribution in [0.25, 0.3) is 10.2 Å². The lowest BCUT2D eigenvalue weighted by molar-refractivity contribution is 1.06. The van der Waals surface area contributed by atoms with Crippen LogP contribution in [-0.2, 0) is 0 Å². The normalized spacial score (nSPS) is 14.5. The molecule has 1 aliphatic rings. The third kappa shape index (κ3) is 0.932. The van der Waals surface area contributed by atoms with Gasteiger partial charge in [-0.15, -0.1) is 0 Å². The molecule has 0 amide bonds. The Morgan fingerprint density at radius 2 is 2.50 bits per heavy atom. The zero-order valence-corrected chi connectivity index (χ0v) is 7.85. The van der Waals surface area contributed by atoms with E-state index in [1.807, 2.05) is 6.08 Å². The van der Waals surface area contributed by atoms with Crippen LogP contribution in [0.1, 0.15) is 0 Å². The molecule has 0 fully saturated rings. The lowest BCUT2D eigenvalue weighted by Gasteiger charge is -1.81. The number of halogens is 2. The molecule has 1 aliphatic heterocycles. The molecule has 10 heavy (non-hydrogen) atoms. The Bertz CT molecular complexity index is 390. The molecule has 2 nitrogen and oxygen atoms in total. The Labute approximate surface area is 72.3 Å². The topological polar surface area (TPSA) is 28.7 Å². The molecule has 1 N–H and O–H groups in total. The minimum Gasteiger partial charge on any atom is -0.276 e. The van der Waals surface area contributed by atoms with Crippen LogP contribution in [0.3, 0.4) is 0 Å². The van der Waals surface area contributed by atoms with E-state index in [-0.39, 0.29) is 20.7 Å². The molecule has 0 unspecified atom stereocenters. The SMILES string of the molecule is Clc1n[nH]c2c1=CI=CC=2. The van der Waals surface area contributed by atoms with Crippen LogP contribution in [0.2, 0.25) is 5.15 Å². The number of aromatic nitrogens is 2. The van der Waals surface area contributed by atoms with Gasteiger partial charge in [0.1, 0.15) is 0 Å². The number of nitrogens with zero attached hydrogens (tertiary/aromatic N) is 1. The van der Waals surface area contributed by atoms with Crippen molar-refractivity contribution in [2.45, 2.75) is 0 Å². The molecule has 2 heterocycles. The zero-order valence-electron chi connectivity index (χ0n) is 4.94. The predicted molar refractivity (Wildman–Crippen MR) is 51.9 cm³/mol. The molecule has 2 rings (SSSR count). The Kier molecular flexibility index (Phi) is 1.61. The number of rotatable bonds is 0. The molecule has 1 aromatic rings. The van der Waals surface area contributed by atoms with Gasteiger partial charge in [0.15, 0.2) is 5.15 Å². The maximum absolute atomic E-state index is 5.77. The number of nitrogens with one attached hydrogen (secondary N) is 1. The van der Waals surface area contributed by atoms with Crippen molar-refractivity contribution < 1.29 is 0 Å². The Morgan fingerprint density at radius 3 is 3.30 bits per heavy atom. The van der Waals surface area contributed by atoms with E-state index in [1.54, 1.807) is 0 Å². The highest BCUT2D eigenvalue weighted by molar-refractivity contribution is 14.2. The summed E-state index contributed by atoms with van der Waals surface area (Å²) in [4.78, 5) is 0. The Balaban J connectivity index is 2.96. The lowest BCUT2D eigenvalue weighted by atomic mass is 10.4. The molecule has 1 aromatic heterocycles. The first-order chi connectivity index (χ1) is 4.88. The van der Waals surface area contributed by atoms with Gasteiger partial charge in [0.25, 0.3) is 0 Å². The molecule has 0 spiro atoms. The highest BCUT2D eigenvalue weighted by atomic mass is 127. The number of aromatic amines is 1. The molecule has 4 heteroatoms. The van der Waals surface area contributed by atoms with Crippen molar-refractivity contribution in [2.24, 2.45) is 0 Å². The summed E-state index contributed by atoms with van der Waals surface area (Å²) < 4.78 is 4.34. The van der Waals surface area contributed by atoms with Gasteiger partial charge in [-0.2, -0.15) is 5.10 Å². The van der Waals surface area contributed by atoms with Crippen LogP contribution in [0.15, 0.2) is 0 Å². The van der Waals surface area contributed by atoms with Crippen molar-refractivity contribution in [1.82, 2.24) is 10.2 Å². The van der Waals surface area contributed by atoms with Crippen molar-refractivity contribution in [2.75, 3.05) is 0 Å². The van der Waals surface area contributed by atoms with Crippen molar-refractivity contribution in [3.8, 4) is 0 Å². The van der Waals surface area contributed by atoms with Gasteiger partial charge in [-0.3, -0.25) is 5.10 Å². The van der Waals surface area contributed by atoms with E-state index in [0.29, 0.717) is 5.15 Å². The molecule has 0 bridgehead atoms. The summed E-state index contributed by atoms with van der Waals surface area (Å²) in [5.41, 5.74) is 0. The van der Waals surface area contributed by atoms with E-state index in [9.17, 15) is 0 Å². The van der Waals surface area contributed by atoms with Crippen molar-refractivity contribution in [3.63, 3.8) is 0 Å². The summed E-state index contributed by atoms with van der Waals surface area (Å²) in [5, 5.41) is 9.43. The first-order valence-corrected chi connectivity index (χ1v) is 5.60. The first kappa shape index (κ1) is 6.54. The van der Waals surface area contributed by atoms with Crippen LogP contribution in [0.4, 0.5) is 0 Å². The van der Waals surface area contributed by atoms with Gasteiger partial charge in [-0.25, -0.2) is 0 Å². The molecule has 0 radical (unpaired) electrons. The first-order valence-electron chi connectivity index (χ1n) is 2.73. The fourth-order valence-electron chi connectivity index (χ4n) is 0.770. The summed E-state index contributed by atoms with van der Waals surface area (Å²) in [7, 11) is 0. The summed E-state index contributed by atoms with van der Waals surface area (Å²) in [6.07, 6.45) is 2.04. The number of fused-ring (bicyclic) bond motifs is 1. The van der Waals surface area contributed by atoms with Gasteiger partial charge >= 0.3 is 0 Å². The van der Waals surface area contributed by atoms with E-state index in [2.05, 4.69) is 18.3 Å². The number of hydrogen-bond donors (Lipinski definition) is 1. The average molecular weight is 266 g/mol. The maximum Gasteiger partial charge on any atom is 0.159 e. The smallest absolute Gasteiger partial charge is 0.159 e. The second kappa shape index (κ2) is 2.47. The molecule has 0 atom stereocenters. The number of H-pyrrole nitrogens is 1. The van der Waals surface area contributed by atoms with Crippen molar-refractivity contribution >= 4 is 46.5 Å². The van der Waals surface area contributed by atoms with Crippen LogP contribution in [0.5, 0.6) is 0 Å². The van der Waals surface area contributed by atoms with E-state index in [4.69, 9.17) is 11.6 Å². The highest BCUT2D eigenvalue weighted by Crippen LogP contribution is 2.00. The molecule has 0 saturated carbocycles. The molecule has 0 aliphatic carbocycles. The Morgan fingerprint density at radius 1 is 1.60 bits per heavy atom. The lowest BCUT2D eigenvalue weighted by Crippen LogP contribution is -2.23. The quantitative estimate of drug-likeness (QED) is 0.675. The van der Waals surface area contributed by atoms with Crippen molar-refractivity contribution in [3.05, 3.63) is 15.7 Å². The summed E-state index contributed by atoms with van der Waals surface area (Å²) >= 11 is 5.85. The highest BCUT2D eigenvalue weighted by Gasteiger charge is 1.96. The summed E-state index contributed by atoms with van der Waals surface area (Å²) in [6, 6.07) is 0. The van der Waals surface area contributed by atoms with Gasteiger partial charge in [-0.05, 0) is 14.2 Å². The molecule has 0 saturated heterocycles. The minimum absolute atomic E-state index is 0.0851. The van der Waals surface area contributed by atoms with E-state index in [1.165, 1.54) is 0 Å². The molecular formula is C6H4ClIN2. The van der Waals surface area contributed by atoms with Gasteiger partial charge in [0.05, 0.1) is 5.35 Å². The molecule has 52 valence electrons. The fourth-order valence-corrected chi connectivity index (χ4v) is 2.92. The second-order valence-electron chi connectivity index (χ2n) is 1.87. The molecular weight excluding hydrogens is 262 g/mol. The van der Waals surface area contributed by atoms with Gasteiger partial charge in [0.2, 0.25) is 0 Å². The fraction of sp³-hybridized carbons (Fsp3) is 0. The second-order valence-corrected chi connectivity index (χ2v) is 4.29. The van der Waals surface area contributed by atoms with Gasteiger partial charge in [0, 0.05) is 5.22 Å². The van der Waals surface area contributed by atoms with E-state index >= 15 is 0 Å². The Hall–Kier alpha value is -0.160.